The molecule has 0 saturated carbocycles. The fraction of sp³-hybridized carbons (Fsp3) is 0. The van der Waals surface area contributed by atoms with Gasteiger partial charge >= 0.3 is 5.97 Å². The molecule has 0 atom stereocenters. The number of hydrogen-bond donors (Lipinski definition) is 2. The molecule has 3 N–H and O–H groups in total. The number of carboxylic acid groups (broad SMARTS) is 1. The van der Waals surface area contributed by atoms with E-state index in [1.165, 1.54) is 11.3 Å². The molecule has 0 aliphatic rings. The molecule has 0 spiro atoms. The first-order chi connectivity index (χ1) is 6.20. The van der Waals surface area contributed by atoms with Crippen molar-refractivity contribution in [3.8, 4) is 0 Å². The van der Waals surface area contributed by atoms with Gasteiger partial charge in [-0.25, -0.2) is 4.79 Å². The standard InChI is InChI=1S/C9H7NO2S/c10-7-4-13-8-5(7)2-1-3-6(8)9(11)12/h1-4H,10H2,(H,11,12). The second kappa shape index (κ2) is 2.74. The van der Waals surface area contributed by atoms with Crippen LogP contribution in [-0.4, -0.2) is 11.1 Å². The maximum atomic E-state index is 10.8. The lowest BCUT2D eigenvalue weighted by Crippen LogP contribution is -1.95. The third-order valence-electron chi connectivity index (χ3n) is 1.86. The summed E-state index contributed by atoms with van der Waals surface area (Å²) in [5.41, 5.74) is 6.62. The van der Waals surface area contributed by atoms with Crippen molar-refractivity contribution in [1.82, 2.24) is 0 Å². The Hall–Kier alpha value is -1.55. The molecule has 66 valence electrons. The first kappa shape index (κ1) is 8.07. The highest BCUT2D eigenvalue weighted by Crippen LogP contribution is 2.30. The molecule has 1 aromatic heterocycles. The topological polar surface area (TPSA) is 63.3 Å². The minimum Gasteiger partial charge on any atom is -0.478 e. The molecule has 0 amide bonds. The molecule has 0 radical (unpaired) electrons. The van der Waals surface area contributed by atoms with Crippen molar-refractivity contribution >= 4 is 33.1 Å². The number of nitrogens with two attached hydrogens (primary N) is 1. The average molecular weight is 193 g/mol. The predicted octanol–water partition coefficient (Wildman–Crippen LogP) is 2.18. The van der Waals surface area contributed by atoms with Crippen molar-refractivity contribution in [3.05, 3.63) is 29.1 Å². The molecule has 3 nitrogen and oxygen atoms in total. The van der Waals surface area contributed by atoms with E-state index in [4.69, 9.17) is 10.8 Å². The van der Waals surface area contributed by atoms with E-state index in [9.17, 15) is 4.79 Å². The van der Waals surface area contributed by atoms with Gasteiger partial charge in [-0.15, -0.1) is 11.3 Å². The fourth-order valence-corrected chi connectivity index (χ4v) is 2.21. The van der Waals surface area contributed by atoms with Gasteiger partial charge in [0.05, 0.1) is 16.0 Å². The summed E-state index contributed by atoms with van der Waals surface area (Å²) < 4.78 is 0.743. The number of nitrogen functional groups attached to an aromatic ring is 1. The highest BCUT2D eigenvalue weighted by Gasteiger charge is 2.10. The van der Waals surface area contributed by atoms with Crippen molar-refractivity contribution in [3.63, 3.8) is 0 Å². The molecule has 13 heavy (non-hydrogen) atoms. The molecule has 2 aromatic rings. The van der Waals surface area contributed by atoms with Gasteiger partial charge in [0.1, 0.15) is 0 Å². The highest BCUT2D eigenvalue weighted by atomic mass is 32.1. The summed E-state index contributed by atoms with van der Waals surface area (Å²) in [5, 5.41) is 11.4. The Morgan fingerprint density at radius 3 is 2.92 bits per heavy atom. The number of aromatic carboxylic acids is 1. The van der Waals surface area contributed by atoms with Crippen molar-refractivity contribution < 1.29 is 9.90 Å². The van der Waals surface area contributed by atoms with Gasteiger partial charge in [-0.05, 0) is 6.07 Å². The zero-order valence-corrected chi connectivity index (χ0v) is 7.47. The van der Waals surface area contributed by atoms with Crippen molar-refractivity contribution in [1.29, 1.82) is 0 Å². The van der Waals surface area contributed by atoms with Crippen LogP contribution in [0.1, 0.15) is 10.4 Å². The average Bonchev–Trinajstić information content (AvgIpc) is 2.48. The van der Waals surface area contributed by atoms with Crippen molar-refractivity contribution in [2.75, 3.05) is 5.73 Å². The Balaban J connectivity index is 2.84. The third kappa shape index (κ3) is 1.15. The smallest absolute Gasteiger partial charge is 0.337 e. The van der Waals surface area contributed by atoms with Crippen LogP contribution in [0.2, 0.25) is 0 Å². The zero-order chi connectivity index (χ0) is 9.42. The fourth-order valence-electron chi connectivity index (χ4n) is 1.25. The van der Waals surface area contributed by atoms with Crippen LogP contribution < -0.4 is 5.73 Å². The largest absolute Gasteiger partial charge is 0.478 e. The van der Waals surface area contributed by atoms with Gasteiger partial charge in [-0.1, -0.05) is 12.1 Å². The SMILES string of the molecule is Nc1csc2c(C(=O)O)cccc12. The Labute approximate surface area is 78.4 Å². The minimum absolute atomic E-state index is 0.319. The zero-order valence-electron chi connectivity index (χ0n) is 6.65. The third-order valence-corrected chi connectivity index (χ3v) is 2.91. The number of rotatable bonds is 1. The number of fused-ring (bicyclic) bond motifs is 1. The molecule has 1 aromatic carbocycles. The summed E-state index contributed by atoms with van der Waals surface area (Å²) in [7, 11) is 0. The van der Waals surface area contributed by atoms with Gasteiger partial charge in [0.15, 0.2) is 0 Å². The van der Waals surface area contributed by atoms with Gasteiger partial charge in [-0.2, -0.15) is 0 Å². The number of carbonyl (C=O) groups is 1. The molecular formula is C9H7NO2S. The summed E-state index contributed by atoms with van der Waals surface area (Å²) in [5.74, 6) is -0.910. The van der Waals surface area contributed by atoms with E-state index in [0.29, 0.717) is 11.3 Å². The first-order valence-electron chi connectivity index (χ1n) is 3.69. The number of thiophene rings is 1. The van der Waals surface area contributed by atoms with E-state index < -0.39 is 5.97 Å². The highest BCUT2D eigenvalue weighted by molar-refractivity contribution is 7.18. The van der Waals surface area contributed by atoms with Crippen LogP contribution in [0.15, 0.2) is 23.6 Å². The van der Waals surface area contributed by atoms with Crippen LogP contribution in [0.4, 0.5) is 5.69 Å². The number of hydrogen-bond acceptors (Lipinski definition) is 3. The second-order valence-electron chi connectivity index (χ2n) is 2.68. The predicted molar refractivity (Wildman–Crippen MR) is 53.2 cm³/mol. The van der Waals surface area contributed by atoms with Crippen LogP contribution in [0.3, 0.4) is 0 Å². The lowest BCUT2D eigenvalue weighted by atomic mass is 10.1. The second-order valence-corrected chi connectivity index (χ2v) is 3.56. The summed E-state index contributed by atoms with van der Waals surface area (Å²) >= 11 is 1.36. The Morgan fingerprint density at radius 1 is 1.46 bits per heavy atom. The lowest BCUT2D eigenvalue weighted by Gasteiger charge is -1.95. The molecule has 0 aliphatic heterocycles. The number of anilines is 1. The molecule has 4 heteroatoms. The van der Waals surface area contributed by atoms with Crippen molar-refractivity contribution in [2.45, 2.75) is 0 Å². The first-order valence-corrected chi connectivity index (χ1v) is 4.57. The van der Waals surface area contributed by atoms with Gasteiger partial charge in [0, 0.05) is 10.8 Å². The van der Waals surface area contributed by atoms with E-state index in [-0.39, 0.29) is 0 Å². The maximum absolute atomic E-state index is 10.8. The molecule has 0 unspecified atom stereocenters. The molecule has 0 fully saturated rings. The molecule has 0 bridgehead atoms. The quantitative estimate of drug-likeness (QED) is 0.729. The Kier molecular flexibility index (Phi) is 1.70. The lowest BCUT2D eigenvalue weighted by molar-refractivity contribution is 0.0699. The summed E-state index contributed by atoms with van der Waals surface area (Å²) in [6.45, 7) is 0. The van der Waals surface area contributed by atoms with E-state index in [1.54, 1.807) is 17.5 Å². The van der Waals surface area contributed by atoms with Crippen LogP contribution in [0.25, 0.3) is 10.1 Å². The molecule has 2 rings (SSSR count). The van der Waals surface area contributed by atoms with Crippen LogP contribution in [0.5, 0.6) is 0 Å². The number of carboxylic acids is 1. The molecule has 1 heterocycles. The van der Waals surface area contributed by atoms with E-state index in [0.717, 1.165) is 10.1 Å². The van der Waals surface area contributed by atoms with E-state index >= 15 is 0 Å². The summed E-state index contributed by atoms with van der Waals surface area (Å²) in [6.07, 6.45) is 0. The van der Waals surface area contributed by atoms with Gasteiger partial charge in [0.25, 0.3) is 0 Å². The maximum Gasteiger partial charge on any atom is 0.337 e. The normalized spacial score (nSPS) is 10.5. The Bertz CT molecular complexity index is 475. The Morgan fingerprint density at radius 2 is 2.23 bits per heavy atom. The van der Waals surface area contributed by atoms with Crippen LogP contribution in [0, 0.1) is 0 Å². The van der Waals surface area contributed by atoms with E-state index in [2.05, 4.69) is 0 Å². The van der Waals surface area contributed by atoms with E-state index in [1.807, 2.05) is 6.07 Å². The number of benzene rings is 1. The summed E-state index contributed by atoms with van der Waals surface area (Å²) in [4.78, 5) is 10.8. The monoisotopic (exact) mass is 193 g/mol. The van der Waals surface area contributed by atoms with Crippen LogP contribution >= 0.6 is 11.3 Å². The molecular weight excluding hydrogens is 186 g/mol. The van der Waals surface area contributed by atoms with Gasteiger partial charge in [-0.3, -0.25) is 0 Å². The van der Waals surface area contributed by atoms with Crippen LogP contribution in [-0.2, 0) is 0 Å². The summed E-state index contributed by atoms with van der Waals surface area (Å²) in [6, 6.07) is 5.11. The van der Waals surface area contributed by atoms with Crippen molar-refractivity contribution in [2.24, 2.45) is 0 Å². The molecule has 0 aliphatic carbocycles. The minimum atomic E-state index is -0.910. The van der Waals surface area contributed by atoms with Gasteiger partial charge in [0.2, 0.25) is 0 Å². The van der Waals surface area contributed by atoms with Gasteiger partial charge < -0.3 is 10.8 Å². The molecule has 0 saturated heterocycles.